The molecule has 3 aromatic rings. The third-order valence-corrected chi connectivity index (χ3v) is 7.42. The highest BCUT2D eigenvalue weighted by molar-refractivity contribution is 6.06. The number of nitrogens with zero attached hydrogens (tertiary/aromatic N) is 6. The predicted molar refractivity (Wildman–Crippen MR) is 148 cm³/mol. The van der Waals surface area contributed by atoms with E-state index in [2.05, 4.69) is 80.2 Å². The maximum Gasteiger partial charge on any atom is 0.209 e. The fourth-order valence-electron chi connectivity index (χ4n) is 5.68. The van der Waals surface area contributed by atoms with Crippen LogP contribution in [0.2, 0.25) is 0 Å². The molecule has 0 unspecified atom stereocenters. The van der Waals surface area contributed by atoms with Crippen LogP contribution in [0.1, 0.15) is 37.4 Å². The summed E-state index contributed by atoms with van der Waals surface area (Å²) in [5.74, 6) is 9.18. The largest absolute Gasteiger partial charge is 0.341 e. The maximum atomic E-state index is 6.36. The van der Waals surface area contributed by atoms with Crippen molar-refractivity contribution in [2.45, 2.75) is 45.3 Å². The Hall–Kier alpha value is -3.76. The molecule has 1 fully saturated rings. The van der Waals surface area contributed by atoms with E-state index in [0.717, 1.165) is 74.6 Å². The average Bonchev–Trinajstić information content (AvgIpc) is 3.30. The lowest BCUT2D eigenvalue weighted by Gasteiger charge is -2.41. The molecule has 6 rings (SSSR count). The molecule has 7 heteroatoms. The second-order valence-corrected chi connectivity index (χ2v) is 9.80. The summed E-state index contributed by atoms with van der Waals surface area (Å²) in [5, 5.41) is 2.50. The molecule has 36 heavy (non-hydrogen) atoms. The molecular formula is C29H33N7. The molecule has 184 valence electrons. The molecule has 7 nitrogen and oxygen atoms in total. The van der Waals surface area contributed by atoms with E-state index in [1.807, 2.05) is 6.92 Å². The molecule has 0 amide bonds. The van der Waals surface area contributed by atoms with Gasteiger partial charge in [0.1, 0.15) is 5.69 Å². The predicted octanol–water partition coefficient (Wildman–Crippen LogP) is 4.04. The van der Waals surface area contributed by atoms with Gasteiger partial charge in [-0.3, -0.25) is 14.5 Å². The van der Waals surface area contributed by atoms with Crippen molar-refractivity contribution in [1.82, 2.24) is 14.5 Å². The standard InChI is InChI=1S/C29H33N7/c1-3-4-17-34-26-21(2)36(19-23-12-7-11-22-10-5-6-14-25(22)23)28-31-15-9-18-35(28)27(26)32-29(34)33-16-8-13-24(30)20-33/h5-7,10-12,14,24H,2,8-9,13,15-20,30H2,1H3/t24-/m1/s1. The number of fused-ring (bicyclic) bond motifs is 4. The number of guanidine groups is 1. The topological polar surface area (TPSA) is 65.9 Å². The molecule has 0 aliphatic carbocycles. The number of nitrogens with two attached hydrogens (primary N) is 1. The summed E-state index contributed by atoms with van der Waals surface area (Å²) in [6.45, 7) is 11.2. The normalized spacial score (nSPS) is 19.5. The molecule has 3 aliphatic heterocycles. The van der Waals surface area contributed by atoms with E-state index in [0.29, 0.717) is 13.1 Å². The fourth-order valence-corrected chi connectivity index (χ4v) is 5.68. The monoisotopic (exact) mass is 479 g/mol. The first kappa shape index (κ1) is 22.7. The van der Waals surface area contributed by atoms with Gasteiger partial charge < -0.3 is 15.5 Å². The highest BCUT2D eigenvalue weighted by Gasteiger charge is 2.39. The van der Waals surface area contributed by atoms with Gasteiger partial charge in [-0.05, 0) is 42.5 Å². The number of anilines is 2. The zero-order valence-electron chi connectivity index (χ0n) is 21.0. The first-order chi connectivity index (χ1) is 17.7. The lowest BCUT2D eigenvalue weighted by Crippen LogP contribution is -2.50. The van der Waals surface area contributed by atoms with Crippen molar-refractivity contribution >= 4 is 34.2 Å². The maximum absolute atomic E-state index is 6.36. The lowest BCUT2D eigenvalue weighted by molar-refractivity contribution is 0.494. The van der Waals surface area contributed by atoms with Gasteiger partial charge in [0.2, 0.25) is 11.9 Å². The summed E-state index contributed by atoms with van der Waals surface area (Å²) in [5.41, 5.74) is 9.58. The number of imidazole rings is 1. The van der Waals surface area contributed by atoms with Crippen molar-refractivity contribution in [2.24, 2.45) is 10.7 Å². The van der Waals surface area contributed by atoms with Crippen molar-refractivity contribution in [1.29, 1.82) is 0 Å². The summed E-state index contributed by atoms with van der Waals surface area (Å²) in [6, 6.07) is 15.2. The van der Waals surface area contributed by atoms with Crippen molar-refractivity contribution < 1.29 is 0 Å². The van der Waals surface area contributed by atoms with Gasteiger partial charge in [-0.2, -0.15) is 4.98 Å². The summed E-state index contributed by atoms with van der Waals surface area (Å²) >= 11 is 0. The van der Waals surface area contributed by atoms with E-state index >= 15 is 0 Å². The Balaban J connectivity index is 1.47. The Morgan fingerprint density at radius 1 is 1.11 bits per heavy atom. The van der Waals surface area contributed by atoms with E-state index in [1.54, 1.807) is 0 Å². The van der Waals surface area contributed by atoms with Crippen LogP contribution < -0.4 is 15.5 Å². The number of hydrogen-bond donors (Lipinski definition) is 1. The Morgan fingerprint density at radius 2 is 1.97 bits per heavy atom. The van der Waals surface area contributed by atoms with Crippen LogP contribution in [0.4, 0.5) is 11.8 Å². The van der Waals surface area contributed by atoms with Crippen molar-refractivity contribution in [3.8, 4) is 11.8 Å². The first-order valence-corrected chi connectivity index (χ1v) is 12.9. The molecule has 0 bridgehead atoms. The minimum absolute atomic E-state index is 0.163. The molecule has 2 aromatic carbocycles. The molecule has 3 aliphatic rings. The molecular weight excluding hydrogens is 446 g/mol. The first-order valence-electron chi connectivity index (χ1n) is 12.9. The van der Waals surface area contributed by atoms with Gasteiger partial charge in [-0.25, -0.2) is 0 Å². The van der Waals surface area contributed by atoms with Crippen LogP contribution in [-0.2, 0) is 13.1 Å². The highest BCUT2D eigenvalue weighted by Crippen LogP contribution is 2.40. The van der Waals surface area contributed by atoms with Crippen LogP contribution in [-0.4, -0.2) is 52.6 Å². The van der Waals surface area contributed by atoms with Gasteiger partial charge in [0.05, 0.1) is 18.8 Å². The quantitative estimate of drug-likeness (QED) is 0.572. The smallest absolute Gasteiger partial charge is 0.209 e. The van der Waals surface area contributed by atoms with Gasteiger partial charge in [-0.1, -0.05) is 55.0 Å². The molecule has 0 radical (unpaired) electrons. The molecule has 1 atom stereocenters. The summed E-state index contributed by atoms with van der Waals surface area (Å²) in [7, 11) is 0. The van der Waals surface area contributed by atoms with Gasteiger partial charge in [0, 0.05) is 32.2 Å². The van der Waals surface area contributed by atoms with E-state index in [9.17, 15) is 0 Å². The van der Waals surface area contributed by atoms with Crippen LogP contribution in [0, 0.1) is 11.8 Å². The van der Waals surface area contributed by atoms with Crippen molar-refractivity contribution in [3.63, 3.8) is 0 Å². The molecule has 1 aromatic heterocycles. The van der Waals surface area contributed by atoms with E-state index in [-0.39, 0.29) is 6.04 Å². The lowest BCUT2D eigenvalue weighted by atomic mass is 10.0. The molecule has 0 spiro atoms. The van der Waals surface area contributed by atoms with Gasteiger partial charge in [0.25, 0.3) is 0 Å². The van der Waals surface area contributed by atoms with Crippen molar-refractivity contribution in [2.75, 3.05) is 36.0 Å². The number of aromatic nitrogens is 2. The van der Waals surface area contributed by atoms with Gasteiger partial charge in [-0.15, -0.1) is 5.92 Å². The number of benzene rings is 2. The second kappa shape index (κ2) is 9.36. The minimum atomic E-state index is 0.163. The molecule has 0 saturated carbocycles. The Labute approximate surface area is 212 Å². The van der Waals surface area contributed by atoms with Crippen LogP contribution in [0.25, 0.3) is 16.5 Å². The average molecular weight is 480 g/mol. The van der Waals surface area contributed by atoms with E-state index in [1.165, 1.54) is 16.3 Å². The zero-order valence-corrected chi connectivity index (χ0v) is 21.0. The number of hydrogen-bond acceptors (Lipinski definition) is 6. The van der Waals surface area contributed by atoms with E-state index < -0.39 is 0 Å². The van der Waals surface area contributed by atoms with Crippen LogP contribution in [0.3, 0.4) is 0 Å². The van der Waals surface area contributed by atoms with E-state index in [4.69, 9.17) is 15.7 Å². The molecule has 2 N–H and O–H groups in total. The number of aliphatic imine (C=N–C) groups is 1. The summed E-state index contributed by atoms with van der Waals surface area (Å²) in [6.07, 6.45) is 3.13. The SMILES string of the molecule is C=C1c2c(nc(N3CCC[C@@H](N)C3)n2CC#CC)N2CCCN=C2N1Cc1cccc2ccccc12. The highest BCUT2D eigenvalue weighted by atomic mass is 15.5. The minimum Gasteiger partial charge on any atom is -0.341 e. The molecule has 1 saturated heterocycles. The van der Waals surface area contributed by atoms with Crippen LogP contribution >= 0.6 is 0 Å². The van der Waals surface area contributed by atoms with Gasteiger partial charge >= 0.3 is 0 Å². The number of piperidine rings is 1. The third-order valence-electron chi connectivity index (χ3n) is 7.42. The Kier molecular flexibility index (Phi) is 5.90. The van der Waals surface area contributed by atoms with Gasteiger partial charge in [0.15, 0.2) is 5.82 Å². The number of rotatable bonds is 4. The Morgan fingerprint density at radius 3 is 2.83 bits per heavy atom. The fraction of sp³-hybridized carbons (Fsp3) is 0.379. The summed E-state index contributed by atoms with van der Waals surface area (Å²) in [4.78, 5) is 17.1. The van der Waals surface area contributed by atoms with Crippen LogP contribution in [0.5, 0.6) is 0 Å². The molecule has 4 heterocycles. The zero-order chi connectivity index (χ0) is 24.6. The summed E-state index contributed by atoms with van der Waals surface area (Å²) < 4.78 is 2.24. The third kappa shape index (κ3) is 3.82. The Bertz CT molecular complexity index is 1400. The van der Waals surface area contributed by atoms with Crippen molar-refractivity contribution in [3.05, 3.63) is 60.3 Å². The second-order valence-electron chi connectivity index (χ2n) is 9.80. The van der Waals surface area contributed by atoms with Crippen LogP contribution in [0.15, 0.2) is 54.0 Å².